The van der Waals surface area contributed by atoms with Crippen LogP contribution in [-0.4, -0.2) is 10.8 Å². The van der Waals surface area contributed by atoms with E-state index in [1.165, 1.54) is 10.6 Å². The van der Waals surface area contributed by atoms with Crippen molar-refractivity contribution in [3.05, 3.63) is 57.4 Å². The van der Waals surface area contributed by atoms with Crippen LogP contribution in [0.15, 0.2) is 35.1 Å². The third-order valence-electron chi connectivity index (χ3n) is 3.16. The topological polar surface area (TPSA) is 97.9 Å². The van der Waals surface area contributed by atoms with Gasteiger partial charge in [0.1, 0.15) is 5.82 Å². The van der Waals surface area contributed by atoms with Crippen molar-refractivity contribution in [2.24, 2.45) is 0 Å². The molecule has 2 rings (SSSR count). The Kier molecular flexibility index (Phi) is 4.10. The van der Waals surface area contributed by atoms with Crippen LogP contribution >= 0.6 is 0 Å². The van der Waals surface area contributed by atoms with E-state index in [1.54, 1.807) is 13.0 Å². The molecule has 0 aliphatic carbocycles. The molecule has 5 nitrogen and oxygen atoms in total. The Labute approximate surface area is 122 Å². The second-order valence-corrected chi connectivity index (χ2v) is 4.51. The molecule has 2 aromatic rings. The van der Waals surface area contributed by atoms with Gasteiger partial charge < -0.3 is 16.9 Å². The average Bonchev–Trinajstić information content (AvgIpc) is 2.48. The number of para-hydroxylation sites is 1. The first kappa shape index (κ1) is 14.4. The Balaban J connectivity index is 2.64. The summed E-state index contributed by atoms with van der Waals surface area (Å²) in [5.41, 5.74) is 13.8. The second kappa shape index (κ2) is 5.97. The highest BCUT2D eigenvalue weighted by Gasteiger charge is 2.11. The van der Waals surface area contributed by atoms with Crippen molar-refractivity contribution < 1.29 is 0 Å². The van der Waals surface area contributed by atoms with Gasteiger partial charge in [-0.3, -0.25) is 9.36 Å². The second-order valence-electron chi connectivity index (χ2n) is 4.51. The van der Waals surface area contributed by atoms with Crippen LogP contribution in [0, 0.1) is 17.3 Å². The van der Waals surface area contributed by atoms with Crippen LogP contribution in [0.3, 0.4) is 0 Å². The molecule has 1 aromatic heterocycles. The van der Waals surface area contributed by atoms with Gasteiger partial charge >= 0.3 is 0 Å². The Morgan fingerprint density at radius 2 is 2.05 bits per heavy atom. The Hall–Kier alpha value is -3.00. The van der Waals surface area contributed by atoms with Crippen LogP contribution in [0.1, 0.15) is 23.6 Å². The molecule has 0 atom stereocenters. The molecule has 0 amide bonds. The van der Waals surface area contributed by atoms with Gasteiger partial charge in [-0.15, -0.1) is 5.92 Å². The lowest BCUT2D eigenvalue weighted by Gasteiger charge is -2.14. The number of pyridine rings is 1. The van der Waals surface area contributed by atoms with Gasteiger partial charge in [0.15, 0.2) is 0 Å². The van der Waals surface area contributed by atoms with Gasteiger partial charge in [-0.25, -0.2) is 0 Å². The fourth-order valence-electron chi connectivity index (χ4n) is 2.05. The molecule has 1 aromatic carbocycles. The van der Waals surface area contributed by atoms with Gasteiger partial charge in [-0.05, 0) is 24.6 Å². The van der Waals surface area contributed by atoms with E-state index in [2.05, 4.69) is 11.8 Å². The molecule has 5 N–H and O–H groups in total. The summed E-state index contributed by atoms with van der Waals surface area (Å²) < 4.78 is 1.39. The third-order valence-corrected chi connectivity index (χ3v) is 3.16. The highest BCUT2D eigenvalue weighted by atomic mass is 16.1. The molecule has 0 spiro atoms. The van der Waals surface area contributed by atoms with Gasteiger partial charge in [0, 0.05) is 17.5 Å². The first-order valence-corrected chi connectivity index (χ1v) is 6.38. The zero-order chi connectivity index (χ0) is 15.4. The number of hydrogen-bond acceptors (Lipinski definition) is 4. The van der Waals surface area contributed by atoms with Gasteiger partial charge in [-0.1, -0.05) is 24.1 Å². The number of benzene rings is 1. The zero-order valence-electron chi connectivity index (χ0n) is 11.7. The predicted molar refractivity (Wildman–Crippen MR) is 85.5 cm³/mol. The monoisotopic (exact) mass is 280 g/mol. The molecule has 0 aliphatic heterocycles. The number of nitrogens with one attached hydrogen (secondary N) is 1. The van der Waals surface area contributed by atoms with Gasteiger partial charge in [-0.2, -0.15) is 0 Å². The lowest BCUT2D eigenvalue weighted by Crippen LogP contribution is -2.27. The molecule has 5 heteroatoms. The smallest absolute Gasteiger partial charge is 0.268 e. The van der Waals surface area contributed by atoms with E-state index in [-0.39, 0.29) is 17.9 Å². The maximum Gasteiger partial charge on any atom is 0.268 e. The van der Waals surface area contributed by atoms with Crippen LogP contribution in [0.25, 0.3) is 0 Å². The SMILES string of the molecule is CC#Cc1cc(C=N)c(N)n(Cc2ccccc2N)c1=O. The van der Waals surface area contributed by atoms with E-state index in [4.69, 9.17) is 16.9 Å². The highest BCUT2D eigenvalue weighted by Crippen LogP contribution is 2.15. The molecule has 0 aliphatic rings. The van der Waals surface area contributed by atoms with Crippen LogP contribution in [0.4, 0.5) is 11.5 Å². The average molecular weight is 280 g/mol. The molecule has 0 bridgehead atoms. The molecule has 0 radical (unpaired) electrons. The van der Waals surface area contributed by atoms with E-state index in [9.17, 15) is 4.79 Å². The van der Waals surface area contributed by atoms with Crippen molar-refractivity contribution in [2.75, 3.05) is 11.5 Å². The molecular formula is C16H16N4O. The van der Waals surface area contributed by atoms with E-state index in [1.807, 2.05) is 18.2 Å². The van der Waals surface area contributed by atoms with E-state index >= 15 is 0 Å². The fraction of sp³-hybridized carbons (Fsp3) is 0.125. The molecule has 0 fully saturated rings. The zero-order valence-corrected chi connectivity index (χ0v) is 11.7. The summed E-state index contributed by atoms with van der Waals surface area (Å²) in [6.07, 6.45) is 1.11. The Bertz CT molecular complexity index is 809. The number of nitrogens with zero attached hydrogens (tertiary/aromatic N) is 1. The first-order valence-electron chi connectivity index (χ1n) is 6.38. The quantitative estimate of drug-likeness (QED) is 0.450. The minimum absolute atomic E-state index is 0.236. The molecule has 1 heterocycles. The molecule has 0 saturated heterocycles. The van der Waals surface area contributed by atoms with Gasteiger partial charge in [0.25, 0.3) is 5.56 Å². The summed E-state index contributed by atoms with van der Waals surface area (Å²) in [5, 5.41) is 7.41. The van der Waals surface area contributed by atoms with Crippen LogP contribution in [0.5, 0.6) is 0 Å². The summed E-state index contributed by atoms with van der Waals surface area (Å²) in [6, 6.07) is 8.81. The fourth-order valence-corrected chi connectivity index (χ4v) is 2.05. The maximum atomic E-state index is 12.4. The number of hydrogen-bond donors (Lipinski definition) is 3. The molecule has 21 heavy (non-hydrogen) atoms. The Morgan fingerprint density at radius 1 is 1.33 bits per heavy atom. The maximum absolute atomic E-state index is 12.4. The summed E-state index contributed by atoms with van der Waals surface area (Å²) in [7, 11) is 0. The lowest BCUT2D eigenvalue weighted by atomic mass is 10.1. The van der Waals surface area contributed by atoms with Crippen molar-refractivity contribution in [3.63, 3.8) is 0 Å². The van der Waals surface area contributed by atoms with Crippen LogP contribution in [-0.2, 0) is 6.54 Å². The largest absolute Gasteiger partial charge is 0.398 e. The number of nitrogen functional groups attached to an aromatic ring is 2. The lowest BCUT2D eigenvalue weighted by molar-refractivity contribution is 0.770. The molecular weight excluding hydrogens is 264 g/mol. The van der Waals surface area contributed by atoms with Crippen molar-refractivity contribution in [1.82, 2.24) is 4.57 Å². The van der Waals surface area contributed by atoms with E-state index in [0.29, 0.717) is 16.8 Å². The predicted octanol–water partition coefficient (Wildman–Crippen LogP) is 1.43. The first-order chi connectivity index (χ1) is 10.1. The Morgan fingerprint density at radius 3 is 2.67 bits per heavy atom. The molecule has 0 unspecified atom stereocenters. The van der Waals surface area contributed by atoms with Gasteiger partial charge in [0.05, 0.1) is 12.1 Å². The standard InChI is InChI=1S/C16H16N4O/c1-2-5-11-8-13(9-17)15(19)20(16(11)21)10-12-6-3-4-7-14(12)18/h3-4,6-9,17H,10,18-19H2,1H3. The third kappa shape index (κ3) is 2.79. The van der Waals surface area contributed by atoms with Crippen molar-refractivity contribution in [1.29, 1.82) is 5.41 Å². The highest BCUT2D eigenvalue weighted by molar-refractivity contribution is 5.84. The van der Waals surface area contributed by atoms with Gasteiger partial charge in [0.2, 0.25) is 0 Å². The summed E-state index contributed by atoms with van der Waals surface area (Å²) in [4.78, 5) is 12.4. The number of nitrogens with two attached hydrogens (primary N) is 2. The van der Waals surface area contributed by atoms with Crippen LogP contribution in [0.2, 0.25) is 0 Å². The minimum Gasteiger partial charge on any atom is -0.398 e. The minimum atomic E-state index is -0.282. The summed E-state index contributed by atoms with van der Waals surface area (Å²) >= 11 is 0. The number of anilines is 2. The van der Waals surface area contributed by atoms with E-state index < -0.39 is 0 Å². The summed E-state index contributed by atoms with van der Waals surface area (Å²) in [5.74, 6) is 5.68. The normalized spacial score (nSPS) is 9.76. The van der Waals surface area contributed by atoms with Crippen molar-refractivity contribution in [2.45, 2.75) is 13.5 Å². The number of aromatic nitrogens is 1. The molecule has 0 saturated carbocycles. The summed E-state index contributed by atoms with van der Waals surface area (Å²) in [6.45, 7) is 1.90. The van der Waals surface area contributed by atoms with Crippen LogP contribution < -0.4 is 17.0 Å². The van der Waals surface area contributed by atoms with Crippen molar-refractivity contribution in [3.8, 4) is 11.8 Å². The van der Waals surface area contributed by atoms with Crippen molar-refractivity contribution >= 4 is 17.7 Å². The molecule has 106 valence electrons. The number of rotatable bonds is 3. The van der Waals surface area contributed by atoms with E-state index in [0.717, 1.165) is 11.8 Å².